The third-order valence-corrected chi connectivity index (χ3v) is 2.79. The smallest absolute Gasteiger partial charge is 0.258 e. The molecule has 0 aliphatic heterocycles. The molecule has 0 unspecified atom stereocenters. The largest absolute Gasteiger partial charge is 0.396 e. The monoisotopic (exact) mass is 270 g/mol. The molecule has 3 rings (SSSR count). The van der Waals surface area contributed by atoms with Gasteiger partial charge in [-0.2, -0.15) is 4.98 Å². The van der Waals surface area contributed by atoms with Crippen molar-refractivity contribution in [1.82, 2.24) is 15.1 Å². The van der Waals surface area contributed by atoms with Crippen LogP contribution in [0.15, 0.2) is 40.9 Å². The molecule has 0 fully saturated rings. The van der Waals surface area contributed by atoms with Crippen LogP contribution in [0, 0.1) is 12.7 Å². The molecule has 100 valence electrons. The van der Waals surface area contributed by atoms with Gasteiger partial charge in [0.15, 0.2) is 0 Å². The van der Waals surface area contributed by atoms with E-state index >= 15 is 0 Å². The van der Waals surface area contributed by atoms with Gasteiger partial charge in [0.1, 0.15) is 11.5 Å². The molecule has 2 N–H and O–H groups in total. The maximum atomic E-state index is 13.1. The Morgan fingerprint density at radius 2 is 2.00 bits per heavy atom. The van der Waals surface area contributed by atoms with Crippen LogP contribution in [0.3, 0.4) is 0 Å². The fraction of sp³-hybridized carbons (Fsp3) is 0.0714. The van der Waals surface area contributed by atoms with E-state index in [0.717, 1.165) is 5.69 Å². The second-order valence-corrected chi connectivity index (χ2v) is 4.32. The van der Waals surface area contributed by atoms with E-state index in [1.54, 1.807) is 6.07 Å². The Balaban J connectivity index is 1.99. The van der Waals surface area contributed by atoms with Crippen LogP contribution in [0.2, 0.25) is 0 Å². The minimum absolute atomic E-state index is 0.0379. The first kappa shape index (κ1) is 12.3. The van der Waals surface area contributed by atoms with Crippen molar-refractivity contribution in [2.75, 3.05) is 5.73 Å². The van der Waals surface area contributed by atoms with Gasteiger partial charge in [-0.15, -0.1) is 0 Å². The molecule has 0 saturated heterocycles. The van der Waals surface area contributed by atoms with Crippen LogP contribution < -0.4 is 5.73 Å². The first-order chi connectivity index (χ1) is 9.63. The van der Waals surface area contributed by atoms with Crippen molar-refractivity contribution in [3.05, 3.63) is 47.9 Å². The van der Waals surface area contributed by atoms with E-state index in [0.29, 0.717) is 17.1 Å². The molecule has 3 aromatic rings. The summed E-state index contributed by atoms with van der Waals surface area (Å²) in [6, 6.07) is 9.79. The molecular weight excluding hydrogens is 259 g/mol. The summed E-state index contributed by atoms with van der Waals surface area (Å²) in [6.45, 7) is 1.88. The minimum Gasteiger partial charge on any atom is -0.396 e. The molecule has 0 saturated carbocycles. The zero-order valence-electron chi connectivity index (χ0n) is 10.7. The summed E-state index contributed by atoms with van der Waals surface area (Å²) in [6.07, 6.45) is 0. The van der Waals surface area contributed by atoms with Crippen molar-refractivity contribution in [3.8, 4) is 23.0 Å². The number of rotatable bonds is 2. The van der Waals surface area contributed by atoms with E-state index in [9.17, 15) is 4.39 Å². The standard InChI is InChI=1S/C14H11FN4O/c1-8-3-2-4-12(17-8)13-18-14(20-19-13)9-5-6-10(15)11(16)7-9/h2-7H,16H2,1H3. The van der Waals surface area contributed by atoms with Crippen LogP contribution in [0.4, 0.5) is 10.1 Å². The van der Waals surface area contributed by atoms with E-state index in [1.165, 1.54) is 18.2 Å². The van der Waals surface area contributed by atoms with Crippen molar-refractivity contribution in [3.63, 3.8) is 0 Å². The second-order valence-electron chi connectivity index (χ2n) is 4.32. The fourth-order valence-electron chi connectivity index (χ4n) is 1.79. The highest BCUT2D eigenvalue weighted by Gasteiger charge is 2.12. The molecule has 0 bridgehead atoms. The average Bonchev–Trinajstić information content (AvgIpc) is 2.92. The average molecular weight is 270 g/mol. The van der Waals surface area contributed by atoms with Gasteiger partial charge in [-0.05, 0) is 37.3 Å². The Kier molecular flexibility index (Phi) is 2.90. The summed E-state index contributed by atoms with van der Waals surface area (Å²) in [7, 11) is 0. The lowest BCUT2D eigenvalue weighted by atomic mass is 10.2. The quantitative estimate of drug-likeness (QED) is 0.724. The van der Waals surface area contributed by atoms with Crippen molar-refractivity contribution < 1.29 is 8.91 Å². The third-order valence-electron chi connectivity index (χ3n) is 2.79. The Morgan fingerprint density at radius 1 is 1.15 bits per heavy atom. The van der Waals surface area contributed by atoms with Gasteiger partial charge in [0.05, 0.1) is 5.69 Å². The van der Waals surface area contributed by atoms with Gasteiger partial charge < -0.3 is 10.3 Å². The van der Waals surface area contributed by atoms with Crippen molar-refractivity contribution >= 4 is 5.69 Å². The van der Waals surface area contributed by atoms with Crippen molar-refractivity contribution in [2.24, 2.45) is 0 Å². The highest BCUT2D eigenvalue weighted by molar-refractivity contribution is 5.62. The zero-order chi connectivity index (χ0) is 14.1. The molecule has 0 amide bonds. The number of nitrogens with zero attached hydrogens (tertiary/aromatic N) is 3. The van der Waals surface area contributed by atoms with Gasteiger partial charge in [-0.25, -0.2) is 9.37 Å². The Labute approximate surface area is 114 Å². The van der Waals surface area contributed by atoms with Crippen molar-refractivity contribution in [1.29, 1.82) is 0 Å². The number of nitrogens with two attached hydrogens (primary N) is 1. The normalized spacial score (nSPS) is 10.7. The van der Waals surface area contributed by atoms with E-state index < -0.39 is 5.82 Å². The number of benzene rings is 1. The molecule has 0 atom stereocenters. The highest BCUT2D eigenvalue weighted by Crippen LogP contribution is 2.24. The number of pyridine rings is 1. The number of nitrogen functional groups attached to an aromatic ring is 1. The van der Waals surface area contributed by atoms with E-state index in [2.05, 4.69) is 15.1 Å². The number of hydrogen-bond acceptors (Lipinski definition) is 5. The van der Waals surface area contributed by atoms with Gasteiger partial charge in [-0.1, -0.05) is 11.2 Å². The SMILES string of the molecule is Cc1cccc(-c2noc(-c3ccc(F)c(N)c3)n2)n1. The molecule has 0 aliphatic rings. The molecule has 5 nitrogen and oxygen atoms in total. The topological polar surface area (TPSA) is 77.8 Å². The predicted molar refractivity (Wildman–Crippen MR) is 72.1 cm³/mol. The van der Waals surface area contributed by atoms with Gasteiger partial charge in [0, 0.05) is 11.3 Å². The molecular formula is C14H11FN4O. The Morgan fingerprint density at radius 3 is 2.75 bits per heavy atom. The van der Waals surface area contributed by atoms with E-state index in [-0.39, 0.29) is 11.6 Å². The van der Waals surface area contributed by atoms with Gasteiger partial charge >= 0.3 is 0 Å². The predicted octanol–water partition coefficient (Wildman–Crippen LogP) is 2.83. The van der Waals surface area contributed by atoms with Crippen LogP contribution >= 0.6 is 0 Å². The maximum absolute atomic E-state index is 13.1. The fourth-order valence-corrected chi connectivity index (χ4v) is 1.79. The first-order valence-corrected chi connectivity index (χ1v) is 5.96. The van der Waals surface area contributed by atoms with Gasteiger partial charge in [-0.3, -0.25) is 0 Å². The first-order valence-electron chi connectivity index (χ1n) is 5.96. The van der Waals surface area contributed by atoms with Gasteiger partial charge in [0.2, 0.25) is 5.82 Å². The molecule has 6 heteroatoms. The number of anilines is 1. The van der Waals surface area contributed by atoms with Crippen LogP contribution in [-0.2, 0) is 0 Å². The van der Waals surface area contributed by atoms with Crippen molar-refractivity contribution in [2.45, 2.75) is 6.92 Å². The summed E-state index contributed by atoms with van der Waals surface area (Å²) in [4.78, 5) is 8.56. The molecule has 2 heterocycles. The highest BCUT2D eigenvalue weighted by atomic mass is 19.1. The number of halogens is 1. The molecule has 2 aromatic heterocycles. The summed E-state index contributed by atoms with van der Waals surface area (Å²) >= 11 is 0. The lowest BCUT2D eigenvalue weighted by Gasteiger charge is -1.98. The maximum Gasteiger partial charge on any atom is 0.258 e. The van der Waals surface area contributed by atoms with E-state index in [1.807, 2.05) is 19.1 Å². The Bertz CT molecular complexity index is 769. The summed E-state index contributed by atoms with van der Waals surface area (Å²) in [5.41, 5.74) is 7.60. The number of aromatic nitrogens is 3. The molecule has 0 aliphatic carbocycles. The second kappa shape index (κ2) is 4.73. The molecule has 0 radical (unpaired) electrons. The zero-order valence-corrected chi connectivity index (χ0v) is 10.7. The third kappa shape index (κ3) is 2.23. The minimum atomic E-state index is -0.478. The summed E-state index contributed by atoms with van der Waals surface area (Å²) < 4.78 is 18.3. The Hall–Kier alpha value is -2.76. The molecule has 20 heavy (non-hydrogen) atoms. The summed E-state index contributed by atoms with van der Waals surface area (Å²) in [5, 5.41) is 3.87. The van der Waals surface area contributed by atoms with Gasteiger partial charge in [0.25, 0.3) is 5.89 Å². The number of hydrogen-bond donors (Lipinski definition) is 1. The number of aryl methyl sites for hydroxylation is 1. The lowest BCUT2D eigenvalue weighted by molar-refractivity contribution is 0.432. The molecule has 0 spiro atoms. The van der Waals surface area contributed by atoms with Crippen LogP contribution in [0.25, 0.3) is 23.0 Å². The van der Waals surface area contributed by atoms with Crippen LogP contribution in [0.5, 0.6) is 0 Å². The summed E-state index contributed by atoms with van der Waals surface area (Å²) in [5.74, 6) is 0.176. The van der Waals surface area contributed by atoms with Crippen LogP contribution in [-0.4, -0.2) is 15.1 Å². The molecule has 1 aromatic carbocycles. The van der Waals surface area contributed by atoms with Crippen LogP contribution in [0.1, 0.15) is 5.69 Å². The lowest BCUT2D eigenvalue weighted by Crippen LogP contribution is -1.91. The van der Waals surface area contributed by atoms with E-state index in [4.69, 9.17) is 10.3 Å².